The zero-order valence-corrected chi connectivity index (χ0v) is 25.9. The second-order valence-corrected chi connectivity index (χ2v) is 10.5. The summed E-state index contributed by atoms with van der Waals surface area (Å²) in [7, 11) is 2.08. The van der Waals surface area contributed by atoms with Crippen LogP contribution in [0.4, 0.5) is 4.39 Å². The molecule has 1 heterocycles. The van der Waals surface area contributed by atoms with Gasteiger partial charge in [-0.15, -0.1) is 0 Å². The Bertz CT molecular complexity index is 851. The second-order valence-electron chi connectivity index (χ2n) is 10.5. The maximum Gasteiger partial charge on any atom is 0.143 e. The van der Waals surface area contributed by atoms with E-state index in [1.165, 1.54) is 50.7 Å². The number of phenols is 1. The lowest BCUT2D eigenvalue weighted by Crippen LogP contribution is -2.49. The van der Waals surface area contributed by atoms with Crippen molar-refractivity contribution in [3.05, 3.63) is 59.1 Å². The van der Waals surface area contributed by atoms with Gasteiger partial charge in [0.2, 0.25) is 0 Å². The van der Waals surface area contributed by atoms with Gasteiger partial charge in [-0.1, -0.05) is 91.4 Å². The molecule has 0 aliphatic carbocycles. The predicted octanol–water partition coefficient (Wildman–Crippen LogP) is 9.22. The smallest absolute Gasteiger partial charge is 0.143 e. The number of allylic oxidation sites excluding steroid dienone is 3. The normalized spacial score (nSPS) is 22.3. The first kappa shape index (κ1) is 35.7. The number of nitrogens with zero attached hydrogens (tertiary/aromatic N) is 1. The molecule has 38 heavy (non-hydrogen) atoms. The summed E-state index contributed by atoms with van der Waals surface area (Å²) in [4.78, 5) is 0. The Kier molecular flexibility index (Phi) is 18.6. The van der Waals surface area contributed by atoms with Gasteiger partial charge < -0.3 is 20.1 Å². The average molecular weight is 534 g/mol. The predicted molar refractivity (Wildman–Crippen MR) is 163 cm³/mol. The van der Waals surface area contributed by atoms with Gasteiger partial charge in [0.05, 0.1) is 32.3 Å². The van der Waals surface area contributed by atoms with Gasteiger partial charge in [0.15, 0.2) is 0 Å². The number of hydrogen-bond acceptors (Lipinski definition) is 3. The molecule has 3 atom stereocenters. The van der Waals surface area contributed by atoms with Crippen molar-refractivity contribution in [2.45, 2.75) is 106 Å². The van der Waals surface area contributed by atoms with Crippen molar-refractivity contribution in [1.29, 1.82) is 0 Å². The molecule has 1 aromatic rings. The third-order valence-corrected chi connectivity index (χ3v) is 7.10. The number of quaternary nitrogens is 1. The Morgan fingerprint density at radius 3 is 2.45 bits per heavy atom. The summed E-state index contributed by atoms with van der Waals surface area (Å²) in [6.45, 7) is 18.4. The third kappa shape index (κ3) is 12.5. The summed E-state index contributed by atoms with van der Waals surface area (Å²) in [6, 6.07) is 2.54. The lowest BCUT2D eigenvalue weighted by Gasteiger charge is -2.42. The van der Waals surface area contributed by atoms with E-state index < -0.39 is 5.82 Å². The molecule has 1 aromatic carbocycles. The largest absolute Gasteiger partial charge is 0.507 e. The minimum absolute atomic E-state index is 0.0754. The molecule has 3 N–H and O–H groups in total. The van der Waals surface area contributed by atoms with Crippen LogP contribution < -0.4 is 10.5 Å². The minimum atomic E-state index is -0.450. The van der Waals surface area contributed by atoms with Gasteiger partial charge in [-0.25, -0.2) is 4.39 Å². The molecule has 0 radical (unpaired) electrons. The van der Waals surface area contributed by atoms with E-state index in [1.807, 2.05) is 52.8 Å². The number of benzene rings is 1. The molecule has 218 valence electrons. The van der Waals surface area contributed by atoms with Crippen LogP contribution in [0.3, 0.4) is 0 Å². The Balaban J connectivity index is 0.000000962. The van der Waals surface area contributed by atoms with Crippen LogP contribution in [0.5, 0.6) is 11.5 Å². The number of phenolic OH excluding ortho intramolecular Hbond substituents is 1. The van der Waals surface area contributed by atoms with E-state index in [9.17, 15) is 5.11 Å². The van der Waals surface area contributed by atoms with E-state index in [4.69, 9.17) is 10.5 Å². The summed E-state index contributed by atoms with van der Waals surface area (Å²) in [5.74, 6) is 0.768. The van der Waals surface area contributed by atoms with Crippen LogP contribution >= 0.6 is 0 Å². The first-order valence-corrected chi connectivity index (χ1v) is 14.8. The molecular weight excluding hydrogens is 475 g/mol. The van der Waals surface area contributed by atoms with Crippen LogP contribution in [0, 0.1) is 11.7 Å². The Hall–Kier alpha value is -2.27. The maximum absolute atomic E-state index is 15.0. The Labute approximate surface area is 234 Å². The Morgan fingerprint density at radius 2 is 1.89 bits per heavy atom. The van der Waals surface area contributed by atoms with Gasteiger partial charge >= 0.3 is 0 Å². The van der Waals surface area contributed by atoms with Crippen LogP contribution in [-0.4, -0.2) is 36.3 Å². The van der Waals surface area contributed by atoms with Crippen molar-refractivity contribution in [3.63, 3.8) is 0 Å². The third-order valence-electron chi connectivity index (χ3n) is 7.10. The molecule has 0 saturated heterocycles. The topological polar surface area (TPSA) is 55.5 Å². The summed E-state index contributed by atoms with van der Waals surface area (Å²) < 4.78 is 20.9. The van der Waals surface area contributed by atoms with E-state index in [0.717, 1.165) is 30.2 Å². The monoisotopic (exact) mass is 533 g/mol. The van der Waals surface area contributed by atoms with Gasteiger partial charge in [-0.3, -0.25) is 0 Å². The molecular formula is C33H58FN2O2+. The second kappa shape index (κ2) is 19.7. The fourth-order valence-electron chi connectivity index (χ4n) is 4.71. The highest BCUT2D eigenvalue weighted by molar-refractivity contribution is 5.45. The minimum Gasteiger partial charge on any atom is -0.507 e. The average Bonchev–Trinajstić information content (AvgIpc) is 2.88. The van der Waals surface area contributed by atoms with Crippen molar-refractivity contribution in [2.24, 2.45) is 11.7 Å². The van der Waals surface area contributed by atoms with E-state index >= 15 is 4.39 Å². The number of likely N-dealkylation sites (N-methyl/N-ethyl adjacent to an activating group) is 1. The van der Waals surface area contributed by atoms with Gasteiger partial charge in [0.25, 0.3) is 0 Å². The first-order valence-electron chi connectivity index (χ1n) is 14.8. The number of ether oxygens (including phenoxy) is 1. The lowest BCUT2D eigenvalue weighted by molar-refractivity contribution is -0.928. The fraction of sp³-hybridized carbons (Fsp3) is 0.636. The van der Waals surface area contributed by atoms with Gasteiger partial charge in [-0.05, 0) is 38.3 Å². The molecule has 0 saturated carbocycles. The first-order chi connectivity index (χ1) is 18.1. The molecule has 0 aromatic heterocycles. The standard InChI is InChI=1S/C21H29FN2O2.C10H22.C2H6/c1-5-26-17-13-18(22)20(19(25)14-17)21-15(2)9-7-6-8-11-24(21,4)12-10-16(3)23;1-4-6-7-8-9-10(3)5-2;1-2/h6-7,9-10,13-14,21H,5,8,11-12,23H2,1-4H3;10H,4-9H2,1-3H3;1-2H3/p+1/b7-6-,15-9+,16-10+;;. The van der Waals surface area contributed by atoms with E-state index in [1.54, 1.807) is 0 Å². The fourth-order valence-corrected chi connectivity index (χ4v) is 4.71. The molecule has 0 fully saturated rings. The highest BCUT2D eigenvalue weighted by Gasteiger charge is 2.38. The van der Waals surface area contributed by atoms with Crippen LogP contribution in [0.2, 0.25) is 0 Å². The molecule has 0 spiro atoms. The van der Waals surface area contributed by atoms with Crippen molar-refractivity contribution in [2.75, 3.05) is 26.7 Å². The van der Waals surface area contributed by atoms with Crippen LogP contribution in [-0.2, 0) is 0 Å². The van der Waals surface area contributed by atoms with Crippen molar-refractivity contribution in [3.8, 4) is 11.5 Å². The van der Waals surface area contributed by atoms with Crippen molar-refractivity contribution in [1.82, 2.24) is 0 Å². The van der Waals surface area contributed by atoms with E-state index in [-0.39, 0.29) is 11.8 Å². The maximum atomic E-state index is 15.0. The molecule has 5 heteroatoms. The molecule has 0 amide bonds. The van der Waals surface area contributed by atoms with Crippen molar-refractivity contribution < 1.29 is 18.7 Å². The molecule has 1 aliphatic heterocycles. The summed E-state index contributed by atoms with van der Waals surface area (Å²) >= 11 is 0. The quantitative estimate of drug-likeness (QED) is 0.220. The number of unbranched alkanes of at least 4 members (excludes halogenated alkanes) is 3. The van der Waals surface area contributed by atoms with Gasteiger partial charge in [0.1, 0.15) is 23.4 Å². The highest BCUT2D eigenvalue weighted by atomic mass is 19.1. The SMILES string of the molecule is CC.CCCCCCC(C)CC.CCOc1cc(O)c(C2/C(C)=C/C=C\CC[N+]2(C)C/C=C(\C)N)c(F)c1. The summed E-state index contributed by atoms with van der Waals surface area (Å²) in [5.41, 5.74) is 7.89. The molecule has 2 rings (SSSR count). The van der Waals surface area contributed by atoms with Crippen LogP contribution in [0.1, 0.15) is 112 Å². The van der Waals surface area contributed by atoms with Gasteiger partial charge in [-0.2, -0.15) is 0 Å². The van der Waals surface area contributed by atoms with Crippen LogP contribution in [0.25, 0.3) is 0 Å². The zero-order chi connectivity index (χ0) is 29.1. The number of hydrogen-bond donors (Lipinski definition) is 2. The highest BCUT2D eigenvalue weighted by Crippen LogP contribution is 2.42. The number of rotatable bonds is 11. The van der Waals surface area contributed by atoms with Crippen LogP contribution in [0.15, 0.2) is 47.7 Å². The summed E-state index contributed by atoms with van der Waals surface area (Å²) in [6.07, 6.45) is 17.4. The molecule has 4 nitrogen and oxygen atoms in total. The molecule has 0 bridgehead atoms. The summed E-state index contributed by atoms with van der Waals surface area (Å²) in [5, 5.41) is 10.6. The Morgan fingerprint density at radius 1 is 1.21 bits per heavy atom. The van der Waals surface area contributed by atoms with Crippen molar-refractivity contribution >= 4 is 0 Å². The number of halogens is 1. The van der Waals surface area contributed by atoms with Gasteiger partial charge in [0, 0.05) is 24.3 Å². The molecule has 3 unspecified atom stereocenters. The molecule has 1 aliphatic rings. The number of aromatic hydroxyl groups is 1. The van der Waals surface area contributed by atoms with E-state index in [0.29, 0.717) is 28.9 Å². The lowest BCUT2D eigenvalue weighted by atomic mass is 9.92. The zero-order valence-electron chi connectivity index (χ0n) is 25.9. The van der Waals surface area contributed by atoms with E-state index in [2.05, 4.69) is 33.9 Å². The number of nitrogens with two attached hydrogens (primary N) is 1.